The zero-order valence-electron chi connectivity index (χ0n) is 12.5. The van der Waals surface area contributed by atoms with Gasteiger partial charge in [0.2, 0.25) is 0 Å². The first kappa shape index (κ1) is 14.4. The summed E-state index contributed by atoms with van der Waals surface area (Å²) in [6.45, 7) is 2.04. The third-order valence-corrected chi connectivity index (χ3v) is 4.95. The van der Waals surface area contributed by atoms with Crippen molar-refractivity contribution in [3.05, 3.63) is 40.3 Å². The lowest BCUT2D eigenvalue weighted by Gasteiger charge is -2.29. The van der Waals surface area contributed by atoms with E-state index in [1.807, 2.05) is 24.6 Å². The van der Waals surface area contributed by atoms with Crippen molar-refractivity contribution in [3.63, 3.8) is 0 Å². The summed E-state index contributed by atoms with van der Waals surface area (Å²) in [4.78, 5) is 8.44. The van der Waals surface area contributed by atoms with Crippen LogP contribution in [0.1, 0.15) is 23.0 Å². The van der Waals surface area contributed by atoms with Crippen LogP contribution in [0.3, 0.4) is 0 Å². The van der Waals surface area contributed by atoms with Crippen LogP contribution < -0.4 is 15.0 Å². The van der Waals surface area contributed by atoms with Crippen molar-refractivity contribution in [1.29, 1.82) is 0 Å². The Balaban J connectivity index is 1.91. The fourth-order valence-electron chi connectivity index (χ4n) is 2.90. The van der Waals surface area contributed by atoms with Crippen molar-refractivity contribution in [1.82, 2.24) is 10.3 Å². The van der Waals surface area contributed by atoms with Gasteiger partial charge in [0.15, 0.2) is 0 Å². The lowest BCUT2D eigenvalue weighted by molar-refractivity contribution is 0.412. The van der Waals surface area contributed by atoms with E-state index in [2.05, 4.69) is 38.8 Å². The Hall–Kier alpha value is -1.59. The molecule has 0 bridgehead atoms. The second-order valence-corrected chi connectivity index (χ2v) is 6.19. The van der Waals surface area contributed by atoms with Gasteiger partial charge in [0.25, 0.3) is 0 Å². The maximum absolute atomic E-state index is 5.34. The molecule has 0 radical (unpaired) electrons. The molecule has 4 nitrogen and oxygen atoms in total. The number of nitrogens with zero attached hydrogens (tertiary/aromatic N) is 2. The van der Waals surface area contributed by atoms with Crippen molar-refractivity contribution in [3.8, 4) is 5.75 Å². The van der Waals surface area contributed by atoms with Crippen molar-refractivity contribution >= 4 is 17.0 Å². The van der Waals surface area contributed by atoms with Crippen molar-refractivity contribution < 1.29 is 4.74 Å². The van der Waals surface area contributed by atoms with E-state index < -0.39 is 0 Å². The third kappa shape index (κ3) is 2.89. The predicted molar refractivity (Wildman–Crippen MR) is 87.4 cm³/mol. The lowest BCUT2D eigenvalue weighted by atomic mass is 10.1. The predicted octanol–water partition coefficient (Wildman–Crippen LogP) is 2.87. The van der Waals surface area contributed by atoms with Crippen LogP contribution in [0.15, 0.2) is 29.8 Å². The molecule has 3 heterocycles. The maximum atomic E-state index is 5.34. The summed E-state index contributed by atoms with van der Waals surface area (Å²) < 4.78 is 5.34. The Kier molecular flexibility index (Phi) is 4.41. The molecule has 0 saturated carbocycles. The molecule has 1 unspecified atom stereocenters. The molecule has 112 valence electrons. The van der Waals surface area contributed by atoms with E-state index in [9.17, 15) is 0 Å². The monoisotopic (exact) mass is 303 g/mol. The summed E-state index contributed by atoms with van der Waals surface area (Å²) in [5.41, 5.74) is 2.41. The van der Waals surface area contributed by atoms with E-state index in [1.165, 1.54) is 16.3 Å². The maximum Gasteiger partial charge on any atom is 0.139 e. The van der Waals surface area contributed by atoms with E-state index >= 15 is 0 Å². The van der Waals surface area contributed by atoms with Gasteiger partial charge in [-0.1, -0.05) is 6.07 Å². The average molecular weight is 303 g/mol. The van der Waals surface area contributed by atoms with Crippen LogP contribution >= 0.6 is 11.3 Å². The van der Waals surface area contributed by atoms with Crippen LogP contribution in [0, 0.1) is 0 Å². The largest absolute Gasteiger partial charge is 0.495 e. The number of fused-ring (bicyclic) bond motifs is 1. The summed E-state index contributed by atoms with van der Waals surface area (Å²) in [7, 11) is 3.70. The van der Waals surface area contributed by atoms with Gasteiger partial charge in [-0.25, -0.2) is 0 Å². The summed E-state index contributed by atoms with van der Waals surface area (Å²) in [5.74, 6) is 0.833. The van der Waals surface area contributed by atoms with E-state index in [0.29, 0.717) is 6.04 Å². The molecule has 1 atom stereocenters. The van der Waals surface area contributed by atoms with Crippen LogP contribution in [0.5, 0.6) is 5.75 Å². The molecule has 0 aliphatic carbocycles. The van der Waals surface area contributed by atoms with Gasteiger partial charge < -0.3 is 15.0 Å². The lowest BCUT2D eigenvalue weighted by Crippen LogP contribution is -2.28. The minimum absolute atomic E-state index is 0.410. The Labute approximate surface area is 129 Å². The summed E-state index contributed by atoms with van der Waals surface area (Å²) in [5, 5.41) is 5.42. The molecule has 3 rings (SSSR count). The SMILES string of the molecule is CNCCC(c1cccs1)N1CCc2ncc(OC)cc21. The Bertz CT molecular complexity index is 585. The van der Waals surface area contributed by atoms with Crippen molar-refractivity contribution in [2.45, 2.75) is 18.9 Å². The number of hydrogen-bond donors (Lipinski definition) is 1. The van der Waals surface area contributed by atoms with E-state index in [1.54, 1.807) is 7.11 Å². The van der Waals surface area contributed by atoms with Gasteiger partial charge in [-0.3, -0.25) is 4.98 Å². The van der Waals surface area contributed by atoms with Gasteiger partial charge in [0, 0.05) is 23.9 Å². The van der Waals surface area contributed by atoms with Crippen LogP contribution in [-0.4, -0.2) is 32.2 Å². The zero-order chi connectivity index (χ0) is 14.7. The highest BCUT2D eigenvalue weighted by Crippen LogP contribution is 2.38. The molecular weight excluding hydrogens is 282 g/mol. The number of nitrogens with one attached hydrogen (secondary N) is 1. The average Bonchev–Trinajstić information content (AvgIpc) is 3.17. The Morgan fingerprint density at radius 3 is 3.14 bits per heavy atom. The number of hydrogen-bond acceptors (Lipinski definition) is 5. The molecule has 2 aromatic rings. The number of methoxy groups -OCH3 is 1. The molecule has 2 aromatic heterocycles. The summed E-state index contributed by atoms with van der Waals surface area (Å²) >= 11 is 1.83. The van der Waals surface area contributed by atoms with E-state index in [4.69, 9.17) is 4.74 Å². The first-order chi connectivity index (χ1) is 10.3. The molecule has 0 aromatic carbocycles. The van der Waals surface area contributed by atoms with Crippen molar-refractivity contribution in [2.24, 2.45) is 0 Å². The van der Waals surface area contributed by atoms with Gasteiger partial charge in [-0.15, -0.1) is 11.3 Å². The summed E-state index contributed by atoms with van der Waals surface area (Å²) in [6, 6.07) is 6.90. The standard InChI is InChI=1S/C16H21N3OS/c1-17-7-5-14(16-4-3-9-21-16)19-8-6-13-15(19)10-12(20-2)11-18-13/h3-4,9-11,14,17H,5-8H2,1-2H3. The third-order valence-electron chi connectivity index (χ3n) is 3.97. The highest BCUT2D eigenvalue weighted by Gasteiger charge is 2.28. The number of pyridine rings is 1. The highest BCUT2D eigenvalue weighted by atomic mass is 32.1. The number of aromatic nitrogens is 1. The smallest absolute Gasteiger partial charge is 0.139 e. The number of anilines is 1. The number of ether oxygens (including phenoxy) is 1. The topological polar surface area (TPSA) is 37.4 Å². The molecule has 1 aliphatic rings. The minimum atomic E-state index is 0.410. The van der Waals surface area contributed by atoms with Crippen LogP contribution in [-0.2, 0) is 6.42 Å². The molecule has 0 amide bonds. The van der Waals surface area contributed by atoms with Crippen LogP contribution in [0.2, 0.25) is 0 Å². The molecule has 1 aliphatic heterocycles. The van der Waals surface area contributed by atoms with Crippen LogP contribution in [0.25, 0.3) is 0 Å². The first-order valence-electron chi connectivity index (χ1n) is 7.31. The molecule has 1 N–H and O–H groups in total. The molecule has 5 heteroatoms. The van der Waals surface area contributed by atoms with Crippen LogP contribution in [0.4, 0.5) is 5.69 Å². The molecular formula is C16H21N3OS. The second kappa shape index (κ2) is 6.45. The molecule has 0 fully saturated rings. The normalized spacial score (nSPS) is 15.0. The van der Waals surface area contributed by atoms with Gasteiger partial charge in [-0.05, 0) is 31.5 Å². The molecule has 0 spiro atoms. The fourth-order valence-corrected chi connectivity index (χ4v) is 3.77. The summed E-state index contributed by atoms with van der Waals surface area (Å²) in [6.07, 6.45) is 3.92. The van der Waals surface area contributed by atoms with Gasteiger partial charge in [0.1, 0.15) is 5.75 Å². The van der Waals surface area contributed by atoms with Crippen molar-refractivity contribution in [2.75, 3.05) is 32.1 Å². The second-order valence-electron chi connectivity index (χ2n) is 5.21. The van der Waals surface area contributed by atoms with E-state index in [-0.39, 0.29) is 0 Å². The number of thiophene rings is 1. The zero-order valence-corrected chi connectivity index (χ0v) is 13.3. The molecule has 0 saturated heterocycles. The first-order valence-corrected chi connectivity index (χ1v) is 8.19. The van der Waals surface area contributed by atoms with Gasteiger partial charge >= 0.3 is 0 Å². The van der Waals surface area contributed by atoms with Gasteiger partial charge in [0.05, 0.1) is 30.7 Å². The minimum Gasteiger partial charge on any atom is -0.495 e. The Morgan fingerprint density at radius 1 is 1.52 bits per heavy atom. The van der Waals surface area contributed by atoms with Gasteiger partial charge in [-0.2, -0.15) is 0 Å². The van der Waals surface area contributed by atoms with E-state index in [0.717, 1.165) is 31.7 Å². The molecule has 21 heavy (non-hydrogen) atoms. The fraction of sp³-hybridized carbons (Fsp3) is 0.438. The number of rotatable bonds is 6. The Morgan fingerprint density at radius 2 is 2.43 bits per heavy atom. The highest BCUT2D eigenvalue weighted by molar-refractivity contribution is 7.10. The quantitative estimate of drug-likeness (QED) is 0.890.